The van der Waals surface area contributed by atoms with E-state index in [9.17, 15) is 4.79 Å². The van der Waals surface area contributed by atoms with Crippen molar-refractivity contribution in [1.82, 2.24) is 5.32 Å². The fourth-order valence-electron chi connectivity index (χ4n) is 4.00. The van der Waals surface area contributed by atoms with E-state index < -0.39 is 0 Å². The summed E-state index contributed by atoms with van der Waals surface area (Å²) < 4.78 is 10.9. The van der Waals surface area contributed by atoms with Crippen molar-refractivity contribution < 1.29 is 14.3 Å². The summed E-state index contributed by atoms with van der Waals surface area (Å²) in [7, 11) is 1.42. The van der Waals surface area contributed by atoms with Crippen LogP contribution in [0.3, 0.4) is 0 Å². The third-order valence-electron chi connectivity index (χ3n) is 7.18. The van der Waals surface area contributed by atoms with Gasteiger partial charge in [-0.25, -0.2) is 0 Å². The van der Waals surface area contributed by atoms with Crippen molar-refractivity contribution in [3.63, 3.8) is 0 Å². The Kier molecular flexibility index (Phi) is 9.57. The van der Waals surface area contributed by atoms with Crippen molar-refractivity contribution in [2.75, 3.05) is 20.3 Å². The summed E-state index contributed by atoms with van der Waals surface area (Å²) in [6.45, 7) is 19.5. The molecule has 2 rings (SSSR count). The minimum absolute atomic E-state index is 0.0297. The van der Waals surface area contributed by atoms with Crippen molar-refractivity contribution in [2.24, 2.45) is 11.3 Å². The highest BCUT2D eigenvalue weighted by Crippen LogP contribution is 2.44. The quantitative estimate of drug-likeness (QED) is 0.365. The van der Waals surface area contributed by atoms with E-state index in [-0.39, 0.29) is 23.3 Å². The summed E-state index contributed by atoms with van der Waals surface area (Å²) in [5.41, 5.74) is 4.00. The third-order valence-corrected chi connectivity index (χ3v) is 8.62. The third kappa shape index (κ3) is 6.60. The van der Waals surface area contributed by atoms with Crippen LogP contribution in [0.4, 0.5) is 0 Å². The van der Waals surface area contributed by atoms with Crippen LogP contribution < -0.4 is 10.1 Å². The zero-order valence-corrected chi connectivity index (χ0v) is 22.9. The maximum atomic E-state index is 11.4. The molecule has 184 valence electrons. The lowest BCUT2D eigenvalue weighted by molar-refractivity contribution is -0.139. The highest BCUT2D eigenvalue weighted by Gasteiger charge is 2.33. The number of nitrogens with one attached hydrogen (secondary N) is 1. The number of rotatable bonds is 11. The maximum Gasteiger partial charge on any atom is 0.319 e. The summed E-state index contributed by atoms with van der Waals surface area (Å²) in [5.74, 6) is 1.21. The van der Waals surface area contributed by atoms with E-state index in [1.807, 2.05) is 11.3 Å². The van der Waals surface area contributed by atoms with Crippen molar-refractivity contribution >= 4 is 17.3 Å². The normalized spacial score (nSPS) is 13.1. The van der Waals surface area contributed by atoms with E-state index >= 15 is 0 Å². The smallest absolute Gasteiger partial charge is 0.319 e. The minimum atomic E-state index is -0.240. The molecular weight excluding hydrogens is 430 g/mol. The van der Waals surface area contributed by atoms with Crippen molar-refractivity contribution in [1.29, 1.82) is 0 Å². The summed E-state index contributed by atoms with van der Waals surface area (Å²) in [6, 6.07) is 9.05. The number of ether oxygens (including phenoxy) is 2. The van der Waals surface area contributed by atoms with Gasteiger partial charge in [-0.1, -0.05) is 53.7 Å². The number of carbonyl (C=O) groups excluding carboxylic acids is 1. The second-order valence-electron chi connectivity index (χ2n) is 10.2. The number of hydrogen-bond acceptors (Lipinski definition) is 5. The monoisotopic (exact) mass is 473 g/mol. The molecule has 5 heteroatoms. The van der Waals surface area contributed by atoms with E-state index in [0.717, 1.165) is 25.2 Å². The van der Waals surface area contributed by atoms with Crippen LogP contribution in [0.2, 0.25) is 0 Å². The summed E-state index contributed by atoms with van der Waals surface area (Å²) in [5, 5.41) is 3.20. The fraction of sp³-hybridized carbons (Fsp3) is 0.607. The van der Waals surface area contributed by atoms with Crippen LogP contribution in [0.15, 0.2) is 24.3 Å². The largest absolute Gasteiger partial charge is 0.493 e. The topological polar surface area (TPSA) is 47.6 Å². The van der Waals surface area contributed by atoms with Gasteiger partial charge in [0, 0.05) is 21.7 Å². The van der Waals surface area contributed by atoms with Crippen LogP contribution >= 0.6 is 11.3 Å². The molecule has 0 radical (unpaired) electrons. The molecule has 1 aromatic carbocycles. The number of benzene rings is 1. The van der Waals surface area contributed by atoms with Gasteiger partial charge in [-0.05, 0) is 66.8 Å². The predicted octanol–water partition coefficient (Wildman–Crippen LogP) is 6.79. The molecular formula is C28H43NO3S. The molecule has 1 heterocycles. The van der Waals surface area contributed by atoms with Gasteiger partial charge >= 0.3 is 5.97 Å². The number of aryl methyl sites for hydroxylation is 2. The first-order valence-electron chi connectivity index (χ1n) is 12.1. The van der Waals surface area contributed by atoms with Crippen molar-refractivity contribution in [2.45, 2.75) is 80.2 Å². The minimum Gasteiger partial charge on any atom is -0.493 e. The molecule has 0 saturated carbocycles. The Bertz CT molecular complexity index is 922. The second-order valence-corrected chi connectivity index (χ2v) is 11.4. The molecule has 0 saturated heterocycles. The first kappa shape index (κ1) is 27.4. The van der Waals surface area contributed by atoms with Gasteiger partial charge in [-0.2, -0.15) is 0 Å². The number of thiophene rings is 1. The van der Waals surface area contributed by atoms with Crippen LogP contribution in [-0.2, 0) is 21.5 Å². The molecule has 1 unspecified atom stereocenters. The highest BCUT2D eigenvalue weighted by molar-refractivity contribution is 7.12. The fourth-order valence-corrected chi connectivity index (χ4v) is 5.50. The molecule has 0 bridgehead atoms. The molecule has 33 heavy (non-hydrogen) atoms. The van der Waals surface area contributed by atoms with E-state index in [2.05, 4.69) is 85.0 Å². The Labute approximate surface area is 205 Å². The van der Waals surface area contributed by atoms with Gasteiger partial charge in [0.15, 0.2) is 0 Å². The molecule has 1 atom stereocenters. The number of methoxy groups -OCH3 is 1. The van der Waals surface area contributed by atoms with E-state index in [4.69, 9.17) is 9.47 Å². The summed E-state index contributed by atoms with van der Waals surface area (Å²) in [6.07, 6.45) is 2.05. The van der Waals surface area contributed by atoms with Crippen molar-refractivity contribution in [3.05, 3.63) is 50.7 Å². The van der Waals surface area contributed by atoms with Gasteiger partial charge in [-0.15, -0.1) is 11.3 Å². The number of carbonyl (C=O) groups is 1. The Morgan fingerprint density at radius 2 is 1.76 bits per heavy atom. The zero-order valence-electron chi connectivity index (χ0n) is 22.1. The van der Waals surface area contributed by atoms with Gasteiger partial charge in [0.1, 0.15) is 5.75 Å². The Balaban J connectivity index is 2.27. The molecule has 1 aromatic heterocycles. The molecule has 0 fully saturated rings. The lowest BCUT2D eigenvalue weighted by Crippen LogP contribution is -2.25. The van der Waals surface area contributed by atoms with Crippen LogP contribution in [0.5, 0.6) is 5.75 Å². The molecule has 0 aliphatic rings. The zero-order chi connectivity index (χ0) is 24.8. The average Bonchev–Trinajstić information content (AvgIpc) is 3.14. The first-order valence-corrected chi connectivity index (χ1v) is 12.9. The van der Waals surface area contributed by atoms with E-state index in [1.54, 1.807) is 0 Å². The molecule has 4 nitrogen and oxygen atoms in total. The Morgan fingerprint density at radius 1 is 1.09 bits per heavy atom. The number of esters is 1. The molecule has 0 amide bonds. The molecule has 2 aromatic rings. The SMILES string of the molecule is CCC(CC)(c1ccc(OCC(C)C(C)(C)C)c(C)c1)c1cc(C)c(CNCC(=O)OC)s1. The second kappa shape index (κ2) is 11.5. The number of hydrogen-bond donors (Lipinski definition) is 1. The highest BCUT2D eigenvalue weighted by atomic mass is 32.1. The molecule has 0 aliphatic heterocycles. The van der Waals surface area contributed by atoms with Crippen LogP contribution in [-0.4, -0.2) is 26.2 Å². The van der Waals surface area contributed by atoms with Crippen molar-refractivity contribution in [3.8, 4) is 5.75 Å². The van der Waals surface area contributed by atoms with Crippen LogP contribution in [0, 0.1) is 25.2 Å². The summed E-state index contributed by atoms with van der Waals surface area (Å²) in [4.78, 5) is 14.1. The molecule has 0 spiro atoms. The van der Waals surface area contributed by atoms with Crippen LogP contribution in [0.25, 0.3) is 0 Å². The van der Waals surface area contributed by atoms with Gasteiger partial charge in [0.2, 0.25) is 0 Å². The lowest BCUT2D eigenvalue weighted by atomic mass is 9.74. The average molecular weight is 474 g/mol. The van der Waals surface area contributed by atoms with Gasteiger partial charge in [0.05, 0.1) is 20.3 Å². The van der Waals surface area contributed by atoms with E-state index in [1.165, 1.54) is 33.6 Å². The van der Waals surface area contributed by atoms with Gasteiger partial charge in [0.25, 0.3) is 0 Å². The first-order chi connectivity index (χ1) is 15.5. The predicted molar refractivity (Wildman–Crippen MR) is 139 cm³/mol. The lowest BCUT2D eigenvalue weighted by Gasteiger charge is -2.32. The van der Waals surface area contributed by atoms with Gasteiger partial charge in [-0.3, -0.25) is 4.79 Å². The Hall–Kier alpha value is -1.85. The maximum absolute atomic E-state index is 11.4. The van der Waals surface area contributed by atoms with Gasteiger partial charge < -0.3 is 14.8 Å². The Morgan fingerprint density at radius 3 is 2.30 bits per heavy atom. The van der Waals surface area contributed by atoms with E-state index in [0.29, 0.717) is 12.5 Å². The summed E-state index contributed by atoms with van der Waals surface area (Å²) >= 11 is 1.85. The molecule has 0 aliphatic carbocycles. The molecule has 1 N–H and O–H groups in total. The van der Waals surface area contributed by atoms with Crippen LogP contribution in [0.1, 0.15) is 80.8 Å². The standard InChI is InChI=1S/C28H43NO3S/c1-10-28(11-2,25-15-20(4)24(33-25)16-29-17-26(30)31-9)22-12-13-23(19(3)14-22)32-18-21(5)27(6,7)8/h12-15,21,29H,10-11,16-18H2,1-9H3.